The highest BCUT2D eigenvalue weighted by molar-refractivity contribution is 5.78. The molecule has 0 fully saturated rings. The van der Waals surface area contributed by atoms with Gasteiger partial charge in [0.25, 0.3) is 0 Å². The van der Waals surface area contributed by atoms with Gasteiger partial charge in [0.15, 0.2) is 0 Å². The lowest BCUT2D eigenvalue weighted by Crippen LogP contribution is -2.07. The topological polar surface area (TPSA) is 26.3 Å². The van der Waals surface area contributed by atoms with Crippen LogP contribution in [0.3, 0.4) is 0 Å². The van der Waals surface area contributed by atoms with Crippen molar-refractivity contribution in [3.63, 3.8) is 0 Å². The molecule has 2 nitrogen and oxygen atoms in total. The molecule has 0 heterocycles. The van der Waals surface area contributed by atoms with E-state index in [1.54, 1.807) is 7.11 Å². The Morgan fingerprint density at radius 1 is 1.31 bits per heavy atom. The summed E-state index contributed by atoms with van der Waals surface area (Å²) in [4.78, 5) is 11.4. The maximum absolute atomic E-state index is 11.4. The number of carbonyl (C=O) groups is 1. The molecular weight excluding hydrogens is 164 g/mol. The number of carbonyl (C=O) groups excluding carboxylic acids is 1. The van der Waals surface area contributed by atoms with E-state index in [1.165, 1.54) is 0 Å². The zero-order chi connectivity index (χ0) is 10.1. The average molecular weight is 186 g/mol. The first-order valence-electron chi connectivity index (χ1n) is 5.25. The number of methoxy groups -OCH3 is 1. The molecule has 0 bridgehead atoms. The van der Waals surface area contributed by atoms with Crippen LogP contribution < -0.4 is 0 Å². The highest BCUT2D eigenvalue weighted by Crippen LogP contribution is 2.14. The van der Waals surface area contributed by atoms with E-state index in [9.17, 15) is 4.79 Å². The van der Waals surface area contributed by atoms with Gasteiger partial charge in [-0.15, -0.1) is 0 Å². The second-order valence-electron chi connectivity index (χ2n) is 3.52. The molecule has 0 aliphatic heterocycles. The fourth-order valence-electron chi connectivity index (χ4n) is 1.42. The van der Waals surface area contributed by atoms with Crippen LogP contribution in [0.4, 0.5) is 0 Å². The van der Waals surface area contributed by atoms with Crippen molar-refractivity contribution in [1.29, 1.82) is 0 Å². The van der Waals surface area contributed by atoms with Gasteiger partial charge in [-0.05, 0) is 12.3 Å². The highest BCUT2D eigenvalue weighted by atomic mass is 16.5. The molecule has 0 spiro atoms. The van der Waals surface area contributed by atoms with Gasteiger partial charge in [-0.1, -0.05) is 26.7 Å². The van der Waals surface area contributed by atoms with Crippen molar-refractivity contribution in [2.24, 2.45) is 5.92 Å². The van der Waals surface area contributed by atoms with Gasteiger partial charge in [0, 0.05) is 26.6 Å². The van der Waals surface area contributed by atoms with Gasteiger partial charge in [0.1, 0.15) is 5.78 Å². The van der Waals surface area contributed by atoms with Crippen molar-refractivity contribution in [2.75, 3.05) is 13.7 Å². The first-order valence-corrected chi connectivity index (χ1v) is 5.25. The molecule has 0 aromatic rings. The first-order chi connectivity index (χ1) is 6.24. The predicted molar refractivity (Wildman–Crippen MR) is 54.8 cm³/mol. The van der Waals surface area contributed by atoms with Gasteiger partial charge < -0.3 is 4.74 Å². The molecule has 0 amide bonds. The smallest absolute Gasteiger partial charge is 0.133 e. The quantitative estimate of drug-likeness (QED) is 0.545. The van der Waals surface area contributed by atoms with Crippen LogP contribution in [-0.4, -0.2) is 19.5 Å². The fraction of sp³-hybridized carbons (Fsp3) is 0.909. The maximum atomic E-state index is 11.4. The largest absolute Gasteiger partial charge is 0.385 e. The second kappa shape index (κ2) is 8.24. The molecule has 0 aromatic carbocycles. The Balaban J connectivity index is 3.48. The van der Waals surface area contributed by atoms with Gasteiger partial charge in [0.05, 0.1) is 0 Å². The standard InChI is InChI=1S/C11H22O2/c1-4-10(5-2)9-11(12)7-6-8-13-3/h10H,4-9H2,1-3H3. The molecule has 0 saturated heterocycles. The van der Waals surface area contributed by atoms with Crippen molar-refractivity contribution in [3.05, 3.63) is 0 Å². The summed E-state index contributed by atoms with van der Waals surface area (Å²) in [7, 11) is 1.67. The van der Waals surface area contributed by atoms with Crippen LogP contribution in [0.5, 0.6) is 0 Å². The van der Waals surface area contributed by atoms with Crippen LogP contribution in [0.1, 0.15) is 46.0 Å². The Kier molecular flexibility index (Phi) is 8.00. The Bertz CT molecular complexity index is 128. The van der Waals surface area contributed by atoms with Crippen molar-refractivity contribution >= 4 is 5.78 Å². The van der Waals surface area contributed by atoms with E-state index in [4.69, 9.17) is 4.74 Å². The molecule has 0 radical (unpaired) electrons. The average Bonchev–Trinajstić information content (AvgIpc) is 2.14. The van der Waals surface area contributed by atoms with E-state index in [1.807, 2.05) is 0 Å². The molecule has 0 aliphatic rings. The molecule has 0 atom stereocenters. The fourth-order valence-corrected chi connectivity index (χ4v) is 1.42. The zero-order valence-electron chi connectivity index (χ0n) is 9.14. The molecule has 2 heteroatoms. The highest BCUT2D eigenvalue weighted by Gasteiger charge is 2.09. The van der Waals surface area contributed by atoms with E-state index in [-0.39, 0.29) is 0 Å². The van der Waals surface area contributed by atoms with Gasteiger partial charge >= 0.3 is 0 Å². The van der Waals surface area contributed by atoms with Gasteiger partial charge in [0.2, 0.25) is 0 Å². The number of Topliss-reactive ketones (excluding diaryl/α,β-unsaturated/α-hetero) is 1. The minimum absolute atomic E-state index is 0.394. The Hall–Kier alpha value is -0.370. The van der Waals surface area contributed by atoms with Crippen LogP contribution in [0.15, 0.2) is 0 Å². The lowest BCUT2D eigenvalue weighted by atomic mass is 9.95. The first kappa shape index (κ1) is 12.6. The Morgan fingerprint density at radius 2 is 1.92 bits per heavy atom. The SMILES string of the molecule is CCC(CC)CC(=O)CCCOC. The minimum atomic E-state index is 0.394. The number of hydrogen-bond donors (Lipinski definition) is 0. The van der Waals surface area contributed by atoms with E-state index in [0.29, 0.717) is 24.7 Å². The van der Waals surface area contributed by atoms with E-state index in [2.05, 4.69) is 13.8 Å². The molecule has 78 valence electrons. The summed E-state index contributed by atoms with van der Waals surface area (Å²) in [5, 5.41) is 0. The van der Waals surface area contributed by atoms with Crippen molar-refractivity contribution < 1.29 is 9.53 Å². The Labute approximate surface area is 81.7 Å². The summed E-state index contributed by atoms with van der Waals surface area (Å²) < 4.78 is 4.90. The van der Waals surface area contributed by atoms with Gasteiger partial charge in [-0.25, -0.2) is 0 Å². The van der Waals surface area contributed by atoms with Crippen LogP contribution >= 0.6 is 0 Å². The summed E-state index contributed by atoms with van der Waals surface area (Å²) >= 11 is 0. The van der Waals surface area contributed by atoms with Crippen LogP contribution in [0.25, 0.3) is 0 Å². The molecule has 0 aromatic heterocycles. The second-order valence-corrected chi connectivity index (χ2v) is 3.52. The third-order valence-electron chi connectivity index (χ3n) is 2.48. The molecule has 0 saturated carbocycles. The van der Waals surface area contributed by atoms with Crippen LogP contribution in [0.2, 0.25) is 0 Å². The van der Waals surface area contributed by atoms with E-state index < -0.39 is 0 Å². The summed E-state index contributed by atoms with van der Waals surface area (Å²) in [5.41, 5.74) is 0. The third kappa shape index (κ3) is 6.76. The lowest BCUT2D eigenvalue weighted by molar-refractivity contribution is -0.120. The predicted octanol–water partition coefficient (Wildman–Crippen LogP) is 2.81. The van der Waals surface area contributed by atoms with Crippen molar-refractivity contribution in [1.82, 2.24) is 0 Å². The van der Waals surface area contributed by atoms with E-state index >= 15 is 0 Å². The van der Waals surface area contributed by atoms with Gasteiger partial charge in [-0.2, -0.15) is 0 Å². The molecular formula is C11H22O2. The zero-order valence-corrected chi connectivity index (χ0v) is 9.14. The third-order valence-corrected chi connectivity index (χ3v) is 2.48. The van der Waals surface area contributed by atoms with Crippen molar-refractivity contribution in [2.45, 2.75) is 46.0 Å². The van der Waals surface area contributed by atoms with Crippen LogP contribution in [-0.2, 0) is 9.53 Å². The Morgan fingerprint density at radius 3 is 2.38 bits per heavy atom. The molecule has 13 heavy (non-hydrogen) atoms. The number of hydrogen-bond acceptors (Lipinski definition) is 2. The van der Waals surface area contributed by atoms with Gasteiger partial charge in [-0.3, -0.25) is 4.79 Å². The summed E-state index contributed by atoms with van der Waals surface area (Å²) in [6.07, 6.45) is 4.55. The number of ketones is 1. The van der Waals surface area contributed by atoms with Crippen LogP contribution in [0, 0.1) is 5.92 Å². The number of rotatable bonds is 8. The molecule has 0 unspecified atom stereocenters. The monoisotopic (exact) mass is 186 g/mol. The molecule has 0 aliphatic carbocycles. The summed E-state index contributed by atoms with van der Waals surface area (Å²) in [6, 6.07) is 0. The normalized spacial score (nSPS) is 10.8. The van der Waals surface area contributed by atoms with Crippen molar-refractivity contribution in [3.8, 4) is 0 Å². The number of ether oxygens (including phenoxy) is 1. The minimum Gasteiger partial charge on any atom is -0.385 e. The van der Waals surface area contributed by atoms with E-state index in [0.717, 1.165) is 25.7 Å². The molecule has 0 N–H and O–H groups in total. The lowest BCUT2D eigenvalue weighted by Gasteiger charge is -2.10. The maximum Gasteiger partial charge on any atom is 0.133 e. The molecule has 0 rings (SSSR count). The summed E-state index contributed by atoms with van der Waals surface area (Å²) in [5.74, 6) is 0.987. The summed E-state index contributed by atoms with van der Waals surface area (Å²) in [6.45, 7) is 5.00.